The van der Waals surface area contributed by atoms with Crippen molar-refractivity contribution < 1.29 is 24.1 Å². The number of aliphatic hydroxyl groups is 1. The molecule has 0 fully saturated rings. The van der Waals surface area contributed by atoms with E-state index in [9.17, 15) is 9.90 Å². The number of ether oxygens (including phenoxy) is 4. The summed E-state index contributed by atoms with van der Waals surface area (Å²) < 4.78 is 25.0. The topological polar surface area (TPSA) is 92.0 Å². The van der Waals surface area contributed by atoms with Gasteiger partial charge < -0.3 is 24.1 Å². The van der Waals surface area contributed by atoms with Crippen molar-refractivity contribution in [3.63, 3.8) is 0 Å². The molecule has 3 heterocycles. The summed E-state index contributed by atoms with van der Waals surface area (Å²) in [6, 6.07) is 10.8. The van der Waals surface area contributed by atoms with E-state index < -0.39 is 17.1 Å². The average Bonchev–Trinajstić information content (AvgIpc) is 3.49. The number of hydrogen-bond acceptors (Lipinski definition) is 7. The van der Waals surface area contributed by atoms with Gasteiger partial charge in [-0.3, -0.25) is 9.36 Å². The number of rotatable bonds is 4. The summed E-state index contributed by atoms with van der Waals surface area (Å²) in [4.78, 5) is 18.6. The molecule has 6 rings (SSSR count). The molecule has 0 saturated heterocycles. The number of aryl methyl sites for hydroxylation is 1. The second-order valence-corrected chi connectivity index (χ2v) is 9.05. The van der Waals surface area contributed by atoms with Crippen LogP contribution in [0.15, 0.2) is 41.2 Å². The molecule has 3 aliphatic rings. The van der Waals surface area contributed by atoms with Crippen molar-refractivity contribution >= 4 is 0 Å². The van der Waals surface area contributed by atoms with Crippen LogP contribution in [0.1, 0.15) is 47.5 Å². The molecule has 0 amide bonds. The zero-order chi connectivity index (χ0) is 23.8. The first-order valence-corrected chi connectivity index (χ1v) is 11.4. The van der Waals surface area contributed by atoms with E-state index in [2.05, 4.69) is 0 Å². The summed E-state index contributed by atoms with van der Waals surface area (Å²) in [6.45, 7) is 2.55. The Balaban J connectivity index is 1.72. The van der Waals surface area contributed by atoms with Crippen molar-refractivity contribution in [1.29, 1.82) is 0 Å². The smallest absolute Gasteiger partial charge is 0.257 e. The maximum absolute atomic E-state index is 13.7. The number of aromatic nitrogens is 2. The first-order chi connectivity index (χ1) is 16.4. The largest absolute Gasteiger partial charge is 0.497 e. The maximum Gasteiger partial charge on any atom is 0.257 e. The molecule has 2 aromatic carbocycles. The van der Waals surface area contributed by atoms with Crippen LogP contribution in [-0.4, -0.2) is 36.0 Å². The minimum atomic E-state index is -1.75. The van der Waals surface area contributed by atoms with Gasteiger partial charge in [0.25, 0.3) is 5.56 Å². The molecule has 8 nitrogen and oxygen atoms in total. The van der Waals surface area contributed by atoms with Crippen molar-refractivity contribution in [2.24, 2.45) is 0 Å². The zero-order valence-corrected chi connectivity index (χ0v) is 19.5. The van der Waals surface area contributed by atoms with Gasteiger partial charge in [0.05, 0.1) is 32.6 Å². The second-order valence-electron chi connectivity index (χ2n) is 9.05. The van der Waals surface area contributed by atoms with E-state index in [-0.39, 0.29) is 5.56 Å². The standard InChI is InChI=1S/C26H26N2O6/c1-14-21-23(27-20-6-5-11-28(20)24(21)29)25(30)22-18(33-4)12-17(32-3)13-19(22)34-26(14,25)15-7-9-16(31-2)10-8-15/h7-10,12-14,30H,5-6,11H2,1-4H3/t14-,25+,26-/m0/s1. The Hall–Kier alpha value is -3.52. The normalized spacial score (nSPS) is 25.7. The maximum atomic E-state index is 13.7. The van der Waals surface area contributed by atoms with E-state index in [4.69, 9.17) is 23.9 Å². The van der Waals surface area contributed by atoms with Crippen LogP contribution in [0.25, 0.3) is 0 Å². The fourth-order valence-corrected chi connectivity index (χ4v) is 6.07. The van der Waals surface area contributed by atoms with Gasteiger partial charge >= 0.3 is 0 Å². The molecule has 1 aromatic heterocycles. The molecule has 1 aliphatic carbocycles. The Morgan fingerprint density at radius 2 is 1.82 bits per heavy atom. The van der Waals surface area contributed by atoms with Gasteiger partial charge in [-0.25, -0.2) is 4.98 Å². The third-order valence-corrected chi connectivity index (χ3v) is 7.63. The van der Waals surface area contributed by atoms with Gasteiger partial charge in [0, 0.05) is 36.6 Å². The lowest BCUT2D eigenvalue weighted by Gasteiger charge is -2.38. The lowest BCUT2D eigenvalue weighted by atomic mass is 9.72. The van der Waals surface area contributed by atoms with Crippen LogP contribution < -0.4 is 24.5 Å². The number of fused-ring (bicyclic) bond motifs is 6. The van der Waals surface area contributed by atoms with Gasteiger partial charge in [0.1, 0.15) is 28.8 Å². The lowest BCUT2D eigenvalue weighted by Crippen LogP contribution is -2.48. The molecular formula is C26H26N2O6. The number of methoxy groups -OCH3 is 3. The van der Waals surface area contributed by atoms with Crippen molar-refractivity contribution in [3.8, 4) is 23.0 Å². The summed E-state index contributed by atoms with van der Waals surface area (Å²) in [7, 11) is 4.70. The number of hydrogen-bond donors (Lipinski definition) is 1. The quantitative estimate of drug-likeness (QED) is 0.637. The molecule has 3 aromatic rings. The second kappa shape index (κ2) is 6.99. The molecule has 8 heteroatoms. The summed E-state index contributed by atoms with van der Waals surface area (Å²) in [6.07, 6.45) is 1.55. The van der Waals surface area contributed by atoms with Gasteiger partial charge in [-0.05, 0) is 24.1 Å². The van der Waals surface area contributed by atoms with Crippen LogP contribution in [0.4, 0.5) is 0 Å². The molecule has 1 N–H and O–H groups in total. The highest BCUT2D eigenvalue weighted by Crippen LogP contribution is 2.68. The van der Waals surface area contributed by atoms with E-state index in [1.54, 1.807) is 30.9 Å². The van der Waals surface area contributed by atoms with Crippen molar-refractivity contribution in [2.75, 3.05) is 21.3 Å². The van der Waals surface area contributed by atoms with Gasteiger partial charge in [0.15, 0.2) is 11.2 Å². The SMILES string of the molecule is COc1ccc([C@]23Oc4cc(OC)cc(OC)c4[C@@]2(O)c2nc4n(c(=O)c2[C@@H]3C)CCC4)cc1. The summed E-state index contributed by atoms with van der Waals surface area (Å²) >= 11 is 0. The third-order valence-electron chi connectivity index (χ3n) is 7.63. The minimum Gasteiger partial charge on any atom is -0.497 e. The van der Waals surface area contributed by atoms with Gasteiger partial charge in [-0.2, -0.15) is 0 Å². The predicted octanol–water partition coefficient (Wildman–Crippen LogP) is 2.86. The Kier molecular flexibility index (Phi) is 4.33. The first kappa shape index (κ1) is 21.0. The molecule has 2 aliphatic heterocycles. The Morgan fingerprint density at radius 1 is 1.09 bits per heavy atom. The Morgan fingerprint density at radius 3 is 2.50 bits per heavy atom. The fourth-order valence-electron chi connectivity index (χ4n) is 6.07. The van der Waals surface area contributed by atoms with Gasteiger partial charge in [-0.15, -0.1) is 0 Å². The molecule has 34 heavy (non-hydrogen) atoms. The molecule has 3 atom stereocenters. The number of benzene rings is 2. The third kappa shape index (κ3) is 2.31. The van der Waals surface area contributed by atoms with Crippen LogP contribution in [0.3, 0.4) is 0 Å². The monoisotopic (exact) mass is 462 g/mol. The van der Waals surface area contributed by atoms with Crippen molar-refractivity contribution in [3.05, 3.63) is 75.0 Å². The van der Waals surface area contributed by atoms with Gasteiger partial charge in [-0.1, -0.05) is 19.1 Å². The summed E-state index contributed by atoms with van der Waals surface area (Å²) in [5.41, 5.74) is -1.20. The van der Waals surface area contributed by atoms with E-state index >= 15 is 0 Å². The molecule has 0 unspecified atom stereocenters. The van der Waals surface area contributed by atoms with Gasteiger partial charge in [0.2, 0.25) is 0 Å². The van der Waals surface area contributed by atoms with Crippen LogP contribution in [0, 0.1) is 0 Å². The minimum absolute atomic E-state index is 0.113. The highest BCUT2D eigenvalue weighted by molar-refractivity contribution is 5.67. The Labute approximate surface area is 196 Å². The lowest BCUT2D eigenvalue weighted by molar-refractivity contribution is -0.0944. The van der Waals surface area contributed by atoms with Crippen molar-refractivity contribution in [2.45, 2.75) is 43.4 Å². The van der Waals surface area contributed by atoms with E-state index in [1.807, 2.05) is 31.2 Å². The first-order valence-electron chi connectivity index (χ1n) is 11.4. The highest BCUT2D eigenvalue weighted by atomic mass is 16.5. The average molecular weight is 463 g/mol. The van der Waals surface area contributed by atoms with Crippen LogP contribution in [0.5, 0.6) is 23.0 Å². The molecule has 0 saturated carbocycles. The molecule has 0 radical (unpaired) electrons. The molecule has 176 valence electrons. The molecule has 0 spiro atoms. The number of nitrogens with zero attached hydrogens (tertiary/aromatic N) is 2. The molecule has 0 bridgehead atoms. The van der Waals surface area contributed by atoms with Crippen LogP contribution in [0.2, 0.25) is 0 Å². The predicted molar refractivity (Wildman–Crippen MR) is 123 cm³/mol. The van der Waals surface area contributed by atoms with Crippen LogP contribution >= 0.6 is 0 Å². The van der Waals surface area contributed by atoms with E-state index in [0.717, 1.165) is 6.42 Å². The zero-order valence-electron chi connectivity index (χ0n) is 19.5. The fraction of sp³-hybridized carbons (Fsp3) is 0.385. The Bertz CT molecular complexity index is 1380. The molecular weight excluding hydrogens is 436 g/mol. The summed E-state index contributed by atoms with van der Waals surface area (Å²) in [5.74, 6) is 2.26. The van der Waals surface area contributed by atoms with Crippen molar-refractivity contribution in [1.82, 2.24) is 9.55 Å². The van der Waals surface area contributed by atoms with Crippen LogP contribution in [-0.2, 0) is 24.2 Å². The van der Waals surface area contributed by atoms with E-state index in [1.165, 1.54) is 7.11 Å². The summed E-state index contributed by atoms with van der Waals surface area (Å²) in [5, 5.41) is 12.8. The van der Waals surface area contributed by atoms with E-state index in [0.29, 0.717) is 64.2 Å². The highest BCUT2D eigenvalue weighted by Gasteiger charge is 2.72.